The van der Waals surface area contributed by atoms with Gasteiger partial charge in [-0.1, -0.05) is 30.0 Å². The number of ether oxygens (including phenoxy) is 3. The highest BCUT2D eigenvalue weighted by Crippen LogP contribution is 2.36. The number of hydrogen-bond acceptors (Lipinski definition) is 4. The van der Waals surface area contributed by atoms with Crippen LogP contribution in [0.5, 0.6) is 17.2 Å². The molecule has 0 aromatic heterocycles. The Labute approximate surface area is 166 Å². The fraction of sp³-hybridized carbons (Fsp3) is 0.318. The van der Waals surface area contributed by atoms with E-state index in [0.29, 0.717) is 11.7 Å². The molecule has 0 spiro atoms. The number of hydrogen-bond donors (Lipinski definition) is 0. The third-order valence-electron chi connectivity index (χ3n) is 3.88. The minimum absolute atomic E-state index is 0.0179. The van der Waals surface area contributed by atoms with Gasteiger partial charge in [0, 0.05) is 5.92 Å². The normalized spacial score (nSPS) is 13.8. The number of alkyl halides is 3. The Bertz CT molecular complexity index is 936. The number of benzene rings is 2. The highest BCUT2D eigenvalue weighted by atomic mass is 19.4. The van der Waals surface area contributed by atoms with Gasteiger partial charge in [-0.3, -0.25) is 0 Å². The van der Waals surface area contributed by atoms with Crippen LogP contribution in [0.1, 0.15) is 37.0 Å². The molecule has 0 amide bonds. The zero-order valence-corrected chi connectivity index (χ0v) is 15.9. The largest absolute Gasteiger partial charge is 0.573 e. The van der Waals surface area contributed by atoms with E-state index in [-0.39, 0.29) is 11.3 Å². The summed E-state index contributed by atoms with van der Waals surface area (Å²) in [5.41, 5.74) is -1.06. The van der Waals surface area contributed by atoms with E-state index in [0.717, 1.165) is 25.0 Å². The average molecular weight is 404 g/mol. The van der Waals surface area contributed by atoms with Crippen molar-refractivity contribution in [3.05, 3.63) is 54.1 Å². The smallest absolute Gasteiger partial charge is 0.471 e. The van der Waals surface area contributed by atoms with E-state index < -0.39 is 23.7 Å². The Hall–Kier alpha value is -3.14. The quantitative estimate of drug-likeness (QED) is 0.382. The van der Waals surface area contributed by atoms with Crippen LogP contribution in [0, 0.1) is 17.8 Å². The number of carbonyl (C=O) groups excluding carboxylic acids is 1. The topological polar surface area (TPSA) is 44.8 Å². The van der Waals surface area contributed by atoms with Crippen molar-refractivity contribution in [3.63, 3.8) is 0 Å². The van der Waals surface area contributed by atoms with E-state index in [1.165, 1.54) is 6.07 Å². The van der Waals surface area contributed by atoms with E-state index in [2.05, 4.69) is 16.6 Å². The maximum Gasteiger partial charge on any atom is 0.573 e. The van der Waals surface area contributed by atoms with Crippen molar-refractivity contribution < 1.29 is 32.2 Å². The molecule has 3 rings (SSSR count). The summed E-state index contributed by atoms with van der Waals surface area (Å²) < 4.78 is 53.3. The van der Waals surface area contributed by atoms with E-state index in [9.17, 15) is 18.0 Å². The summed E-state index contributed by atoms with van der Waals surface area (Å²) in [5, 5.41) is 0. The maximum atomic E-state index is 12.8. The van der Waals surface area contributed by atoms with Crippen molar-refractivity contribution in [3.8, 4) is 29.1 Å². The van der Waals surface area contributed by atoms with Crippen LogP contribution in [-0.2, 0) is 0 Å². The van der Waals surface area contributed by atoms with Gasteiger partial charge in [-0.15, -0.1) is 13.2 Å². The molecular weight excluding hydrogens is 385 g/mol. The fourth-order valence-electron chi connectivity index (χ4n) is 2.38. The van der Waals surface area contributed by atoms with Crippen molar-refractivity contribution >= 4 is 5.97 Å². The summed E-state index contributed by atoms with van der Waals surface area (Å²) in [6.07, 6.45) is -2.90. The van der Waals surface area contributed by atoms with Gasteiger partial charge >= 0.3 is 12.3 Å². The predicted octanol–water partition coefficient (Wildman–Crippen LogP) is 5.38. The van der Waals surface area contributed by atoms with Gasteiger partial charge in [0.1, 0.15) is 5.75 Å². The van der Waals surface area contributed by atoms with Crippen LogP contribution in [0.2, 0.25) is 0 Å². The average Bonchev–Trinajstić information content (AvgIpc) is 3.45. The van der Waals surface area contributed by atoms with Crippen molar-refractivity contribution in [1.82, 2.24) is 0 Å². The fourth-order valence-corrected chi connectivity index (χ4v) is 2.38. The van der Waals surface area contributed by atoms with Gasteiger partial charge in [-0.2, -0.15) is 0 Å². The minimum Gasteiger partial charge on any atom is -0.471 e. The Morgan fingerprint density at radius 2 is 1.69 bits per heavy atom. The lowest BCUT2D eigenvalue weighted by Gasteiger charge is -2.23. The first-order valence-electron chi connectivity index (χ1n) is 9.00. The molecule has 2 aromatic carbocycles. The molecule has 152 valence electrons. The molecule has 1 fully saturated rings. The standard InChI is InChI=1S/C22H19F3O4/c1-21(2,13-12-15-8-9-15)28-19-14-16(10-11-18(19)29-22(23,24)25)20(26)27-17-6-4-3-5-7-17/h3-7,10-11,14-15H,8-9H2,1-2H3. The summed E-state index contributed by atoms with van der Waals surface area (Å²) in [4.78, 5) is 12.4. The highest BCUT2D eigenvalue weighted by Gasteiger charge is 2.34. The summed E-state index contributed by atoms with van der Waals surface area (Å²) >= 11 is 0. The van der Waals surface area contributed by atoms with Crippen LogP contribution in [0.15, 0.2) is 48.5 Å². The first kappa shape index (κ1) is 20.6. The lowest BCUT2D eigenvalue weighted by molar-refractivity contribution is -0.275. The second-order valence-corrected chi connectivity index (χ2v) is 7.07. The third kappa shape index (κ3) is 6.46. The molecule has 0 aliphatic heterocycles. The van der Waals surface area contributed by atoms with Crippen LogP contribution in [0.3, 0.4) is 0 Å². The molecule has 0 heterocycles. The molecule has 4 nitrogen and oxygen atoms in total. The van der Waals surface area contributed by atoms with Crippen LogP contribution in [0.4, 0.5) is 13.2 Å². The van der Waals surface area contributed by atoms with E-state index in [4.69, 9.17) is 9.47 Å². The Morgan fingerprint density at radius 1 is 1.00 bits per heavy atom. The summed E-state index contributed by atoms with van der Waals surface area (Å²) in [5.74, 6) is 5.02. The summed E-state index contributed by atoms with van der Waals surface area (Å²) in [6, 6.07) is 11.7. The SMILES string of the molecule is CC(C)(C#CC1CC1)Oc1cc(C(=O)Oc2ccccc2)ccc1OC(F)(F)F. The molecule has 2 aromatic rings. The molecule has 7 heteroatoms. The molecule has 29 heavy (non-hydrogen) atoms. The van der Waals surface area contributed by atoms with Crippen molar-refractivity contribution in [1.29, 1.82) is 0 Å². The van der Waals surface area contributed by atoms with Gasteiger partial charge in [0.25, 0.3) is 0 Å². The number of para-hydroxylation sites is 1. The van der Waals surface area contributed by atoms with Gasteiger partial charge in [0.05, 0.1) is 5.56 Å². The number of esters is 1. The molecule has 0 radical (unpaired) electrons. The Balaban J connectivity index is 1.86. The van der Waals surface area contributed by atoms with E-state index in [1.807, 2.05) is 0 Å². The second kappa shape index (κ2) is 8.08. The minimum atomic E-state index is -4.91. The highest BCUT2D eigenvalue weighted by molar-refractivity contribution is 5.91. The van der Waals surface area contributed by atoms with E-state index >= 15 is 0 Å². The van der Waals surface area contributed by atoms with Crippen molar-refractivity contribution in [2.45, 2.75) is 38.7 Å². The maximum absolute atomic E-state index is 12.8. The van der Waals surface area contributed by atoms with Crippen LogP contribution in [0.25, 0.3) is 0 Å². The Morgan fingerprint density at radius 3 is 2.31 bits per heavy atom. The van der Waals surface area contributed by atoms with Gasteiger partial charge in [0.2, 0.25) is 0 Å². The molecular formula is C22H19F3O4. The molecule has 0 saturated heterocycles. The van der Waals surface area contributed by atoms with Crippen LogP contribution >= 0.6 is 0 Å². The number of halogens is 3. The monoisotopic (exact) mass is 404 g/mol. The second-order valence-electron chi connectivity index (χ2n) is 7.07. The van der Waals surface area contributed by atoms with Crippen LogP contribution < -0.4 is 14.2 Å². The number of carbonyl (C=O) groups is 1. The van der Waals surface area contributed by atoms with Gasteiger partial charge in [-0.05, 0) is 57.0 Å². The first-order valence-corrected chi connectivity index (χ1v) is 9.00. The lowest BCUT2D eigenvalue weighted by atomic mass is 10.1. The zero-order valence-electron chi connectivity index (χ0n) is 15.9. The third-order valence-corrected chi connectivity index (χ3v) is 3.88. The lowest BCUT2D eigenvalue weighted by Crippen LogP contribution is -2.27. The van der Waals surface area contributed by atoms with Crippen molar-refractivity contribution in [2.75, 3.05) is 0 Å². The zero-order chi connectivity index (χ0) is 21.1. The van der Waals surface area contributed by atoms with Crippen LogP contribution in [-0.4, -0.2) is 17.9 Å². The van der Waals surface area contributed by atoms with E-state index in [1.54, 1.807) is 44.2 Å². The molecule has 0 bridgehead atoms. The molecule has 0 unspecified atom stereocenters. The number of rotatable bonds is 5. The summed E-state index contributed by atoms with van der Waals surface area (Å²) in [7, 11) is 0. The molecule has 0 N–H and O–H groups in total. The molecule has 0 atom stereocenters. The van der Waals surface area contributed by atoms with Gasteiger partial charge in [-0.25, -0.2) is 4.79 Å². The summed E-state index contributed by atoms with van der Waals surface area (Å²) in [6.45, 7) is 3.27. The predicted molar refractivity (Wildman–Crippen MR) is 99.7 cm³/mol. The first-order chi connectivity index (χ1) is 13.6. The van der Waals surface area contributed by atoms with Gasteiger partial charge in [0.15, 0.2) is 17.1 Å². The Kier molecular flexibility index (Phi) is 5.73. The van der Waals surface area contributed by atoms with Gasteiger partial charge < -0.3 is 14.2 Å². The molecule has 1 saturated carbocycles. The molecule has 1 aliphatic rings. The van der Waals surface area contributed by atoms with Crippen molar-refractivity contribution in [2.24, 2.45) is 5.92 Å². The molecule has 1 aliphatic carbocycles.